The van der Waals surface area contributed by atoms with E-state index in [-0.39, 0.29) is 51.0 Å². The number of benzene rings is 2. The molecule has 2 saturated carbocycles. The zero-order valence-corrected chi connectivity index (χ0v) is 20.4. The molecule has 5 nitrogen and oxygen atoms in total. The minimum Gasteiger partial charge on any atom is -0.322 e. The van der Waals surface area contributed by atoms with Crippen molar-refractivity contribution < 1.29 is 14.4 Å². The maximum absolute atomic E-state index is 13.1. The van der Waals surface area contributed by atoms with Gasteiger partial charge in [-0.15, -0.1) is 0 Å². The van der Waals surface area contributed by atoms with Crippen LogP contribution >= 0.6 is 43.5 Å². The number of hydrogen-bond donors (Lipinski definition) is 1. The molecule has 160 valence electrons. The number of fused-ring (bicyclic) bond motifs is 5. The molecule has 5 rings (SSSR count). The van der Waals surface area contributed by atoms with Gasteiger partial charge < -0.3 is 5.32 Å². The number of hydrogen-bond acceptors (Lipinski definition) is 3. The van der Waals surface area contributed by atoms with Gasteiger partial charge in [0.05, 0.1) is 17.5 Å². The molecule has 3 aliphatic rings. The topological polar surface area (TPSA) is 66.5 Å². The van der Waals surface area contributed by atoms with Gasteiger partial charge in [0.25, 0.3) is 5.91 Å². The van der Waals surface area contributed by atoms with E-state index in [0.29, 0.717) is 22.0 Å². The number of nitrogens with zero attached hydrogens (tertiary/aromatic N) is 1. The lowest BCUT2D eigenvalue weighted by atomic mass is 9.81. The molecule has 3 amide bonds. The van der Waals surface area contributed by atoms with Crippen molar-refractivity contribution in [3.05, 3.63) is 58.6 Å². The number of alkyl halides is 2. The number of imide groups is 1. The molecular formula is C23H19Br2ClN2O3. The van der Waals surface area contributed by atoms with E-state index in [1.165, 1.54) is 4.90 Å². The van der Waals surface area contributed by atoms with E-state index in [4.69, 9.17) is 11.6 Å². The van der Waals surface area contributed by atoms with Crippen LogP contribution in [0.3, 0.4) is 0 Å². The van der Waals surface area contributed by atoms with Crippen LogP contribution in [0, 0.1) is 30.6 Å². The lowest BCUT2D eigenvalue weighted by Gasteiger charge is -2.28. The average Bonchev–Trinajstić information content (AvgIpc) is 3.36. The standard InChI is InChI=1S/C23H19Br2ClN2O3/c1-10-15(26)3-2-4-16(10)27-21(29)11-5-7-12(8-6-11)28-22(30)17-13-9-14(18(17)23(28)31)20(25)19(13)24/h2-8,13-14,17-20H,9H2,1H3,(H,27,29)/t13-,14-,17-,18-,19-,20+/m1/s1. The summed E-state index contributed by atoms with van der Waals surface area (Å²) in [6, 6.07) is 11.9. The van der Waals surface area contributed by atoms with Gasteiger partial charge in [0, 0.05) is 25.9 Å². The van der Waals surface area contributed by atoms with Gasteiger partial charge in [-0.05, 0) is 67.1 Å². The van der Waals surface area contributed by atoms with Gasteiger partial charge in [-0.1, -0.05) is 49.5 Å². The van der Waals surface area contributed by atoms with E-state index in [0.717, 1.165) is 12.0 Å². The number of rotatable bonds is 3. The third-order valence-electron chi connectivity index (χ3n) is 6.89. The fourth-order valence-corrected chi connectivity index (χ4v) is 7.35. The van der Waals surface area contributed by atoms with Crippen LogP contribution in [-0.4, -0.2) is 27.4 Å². The van der Waals surface area contributed by atoms with Crippen molar-refractivity contribution in [2.24, 2.45) is 23.7 Å². The second-order valence-corrected chi connectivity index (χ2v) is 11.0. The monoisotopic (exact) mass is 564 g/mol. The van der Waals surface area contributed by atoms with Crippen molar-refractivity contribution in [2.75, 3.05) is 10.2 Å². The minimum absolute atomic E-state index is 0.127. The summed E-state index contributed by atoms with van der Waals surface area (Å²) in [4.78, 5) is 40.7. The van der Waals surface area contributed by atoms with Crippen molar-refractivity contribution in [3.63, 3.8) is 0 Å². The number of halogens is 3. The molecule has 2 aliphatic carbocycles. The maximum atomic E-state index is 13.1. The van der Waals surface area contributed by atoms with Gasteiger partial charge in [-0.3, -0.25) is 19.3 Å². The van der Waals surface area contributed by atoms with Gasteiger partial charge in [-0.25, -0.2) is 0 Å². The first-order valence-electron chi connectivity index (χ1n) is 10.1. The highest BCUT2D eigenvalue weighted by molar-refractivity contribution is 9.12. The highest BCUT2D eigenvalue weighted by Crippen LogP contribution is 2.60. The van der Waals surface area contributed by atoms with E-state index in [1.54, 1.807) is 42.5 Å². The fourth-order valence-electron chi connectivity index (χ4n) is 5.30. The minimum atomic E-state index is -0.282. The Balaban J connectivity index is 1.36. The van der Waals surface area contributed by atoms with Crippen molar-refractivity contribution in [2.45, 2.75) is 23.0 Å². The molecule has 2 aromatic carbocycles. The van der Waals surface area contributed by atoms with Crippen molar-refractivity contribution in [3.8, 4) is 0 Å². The average molecular weight is 567 g/mol. The number of anilines is 2. The molecule has 31 heavy (non-hydrogen) atoms. The summed E-state index contributed by atoms with van der Waals surface area (Å²) < 4.78 is 0. The normalized spacial score (nSPS) is 31.3. The Morgan fingerprint density at radius 1 is 1.00 bits per heavy atom. The Labute approximate surface area is 201 Å². The second-order valence-electron chi connectivity index (χ2n) is 8.43. The van der Waals surface area contributed by atoms with Gasteiger partial charge in [-0.2, -0.15) is 0 Å². The SMILES string of the molecule is Cc1c(Cl)cccc1NC(=O)c1ccc(N2C(=O)[C@@H]3[C@H]4C[C@@H]([C@@H](Br)[C@H]4Br)[C@H]3C2=O)cc1. The predicted octanol–water partition coefficient (Wildman–Crippen LogP) is 5.18. The Kier molecular flexibility index (Phi) is 5.26. The fraction of sp³-hybridized carbons (Fsp3) is 0.348. The second kappa shape index (κ2) is 7.71. The molecule has 3 fully saturated rings. The van der Waals surface area contributed by atoms with Crippen LogP contribution in [-0.2, 0) is 9.59 Å². The number of carbonyl (C=O) groups is 3. The summed E-state index contributed by atoms with van der Waals surface area (Å²) in [7, 11) is 0. The summed E-state index contributed by atoms with van der Waals surface area (Å²) in [5.41, 5.74) is 2.38. The third-order valence-corrected chi connectivity index (χ3v) is 10.5. The Hall–Kier alpha value is -1.70. The highest BCUT2D eigenvalue weighted by atomic mass is 79.9. The lowest BCUT2D eigenvalue weighted by molar-refractivity contribution is -0.123. The molecule has 1 heterocycles. The summed E-state index contributed by atoms with van der Waals surface area (Å²) in [6.45, 7) is 1.84. The molecule has 0 aromatic heterocycles. The Morgan fingerprint density at radius 2 is 1.58 bits per heavy atom. The molecule has 0 radical (unpaired) electrons. The molecule has 6 atom stereocenters. The van der Waals surface area contributed by atoms with Crippen molar-refractivity contribution in [1.29, 1.82) is 0 Å². The van der Waals surface area contributed by atoms with Crippen molar-refractivity contribution >= 4 is 72.6 Å². The Bertz CT molecular complexity index is 1070. The number of amides is 3. The summed E-state index contributed by atoms with van der Waals surface area (Å²) in [5.74, 6) is -0.709. The zero-order chi connectivity index (χ0) is 22.0. The zero-order valence-electron chi connectivity index (χ0n) is 16.5. The highest BCUT2D eigenvalue weighted by Gasteiger charge is 2.66. The smallest absolute Gasteiger partial charge is 0.255 e. The first-order valence-corrected chi connectivity index (χ1v) is 12.3. The number of nitrogens with one attached hydrogen (secondary N) is 1. The van der Waals surface area contributed by atoms with Gasteiger partial charge in [0.2, 0.25) is 11.8 Å². The molecule has 1 saturated heterocycles. The molecule has 2 bridgehead atoms. The van der Waals surface area contributed by atoms with E-state index >= 15 is 0 Å². The third kappa shape index (κ3) is 3.19. The van der Waals surface area contributed by atoms with Gasteiger partial charge >= 0.3 is 0 Å². The van der Waals surface area contributed by atoms with E-state index < -0.39 is 0 Å². The van der Waals surface area contributed by atoms with Crippen LogP contribution in [0.5, 0.6) is 0 Å². The molecular weight excluding hydrogens is 548 g/mol. The Morgan fingerprint density at radius 3 is 2.16 bits per heavy atom. The molecule has 1 aliphatic heterocycles. The van der Waals surface area contributed by atoms with Crippen LogP contribution in [0.15, 0.2) is 42.5 Å². The van der Waals surface area contributed by atoms with Crippen molar-refractivity contribution in [1.82, 2.24) is 0 Å². The quantitative estimate of drug-likeness (QED) is 0.411. The number of carbonyl (C=O) groups excluding carboxylic acids is 3. The van der Waals surface area contributed by atoms with Crippen LogP contribution in [0.2, 0.25) is 5.02 Å². The largest absolute Gasteiger partial charge is 0.322 e. The molecule has 8 heteroatoms. The lowest BCUT2D eigenvalue weighted by Crippen LogP contribution is -2.37. The summed E-state index contributed by atoms with van der Waals surface area (Å²) in [5, 5.41) is 3.43. The molecule has 0 spiro atoms. The predicted molar refractivity (Wildman–Crippen MR) is 127 cm³/mol. The van der Waals surface area contributed by atoms with Crippen LogP contribution in [0.1, 0.15) is 22.3 Å². The van der Waals surface area contributed by atoms with E-state index in [2.05, 4.69) is 37.2 Å². The van der Waals surface area contributed by atoms with Gasteiger partial charge in [0.15, 0.2) is 0 Å². The van der Waals surface area contributed by atoms with Crippen LogP contribution in [0.4, 0.5) is 11.4 Å². The van der Waals surface area contributed by atoms with Crippen LogP contribution < -0.4 is 10.2 Å². The maximum Gasteiger partial charge on any atom is 0.255 e. The molecule has 1 N–H and O–H groups in total. The first-order chi connectivity index (χ1) is 14.8. The summed E-state index contributed by atoms with van der Waals surface area (Å²) >= 11 is 13.5. The van der Waals surface area contributed by atoms with E-state index in [1.807, 2.05) is 6.92 Å². The van der Waals surface area contributed by atoms with Crippen LogP contribution in [0.25, 0.3) is 0 Å². The van der Waals surface area contributed by atoms with Gasteiger partial charge in [0.1, 0.15) is 0 Å². The molecule has 2 aromatic rings. The molecule has 0 unspecified atom stereocenters. The first kappa shape index (κ1) is 21.2. The summed E-state index contributed by atoms with van der Waals surface area (Å²) in [6.07, 6.45) is 0.897. The van der Waals surface area contributed by atoms with E-state index in [9.17, 15) is 14.4 Å².